The molecule has 0 radical (unpaired) electrons. The molecule has 0 fully saturated rings. The van der Waals surface area contributed by atoms with Crippen LogP contribution in [0.4, 0.5) is 11.5 Å². The van der Waals surface area contributed by atoms with E-state index in [9.17, 15) is 14.4 Å². The van der Waals surface area contributed by atoms with Crippen molar-refractivity contribution < 1.29 is 9.53 Å². The highest BCUT2D eigenvalue weighted by molar-refractivity contribution is 7.98. The smallest absolute Gasteiger partial charge is 0.330 e. The first-order chi connectivity index (χ1) is 15.8. The van der Waals surface area contributed by atoms with Crippen LogP contribution in [0.15, 0.2) is 51.4 Å². The van der Waals surface area contributed by atoms with Gasteiger partial charge < -0.3 is 10.5 Å². The Balaban J connectivity index is 2.10. The van der Waals surface area contributed by atoms with E-state index < -0.39 is 17.2 Å². The number of ether oxygens (including phenoxy) is 1. The normalized spacial score (nSPS) is 11.2. The summed E-state index contributed by atoms with van der Waals surface area (Å²) in [5.74, 6) is -0.395. The lowest BCUT2D eigenvalue weighted by atomic mass is 10.1. The minimum Gasteiger partial charge on any atom is -0.383 e. The van der Waals surface area contributed by atoms with E-state index in [1.54, 1.807) is 24.4 Å². The van der Waals surface area contributed by atoms with Gasteiger partial charge in [0.05, 0.1) is 6.61 Å². The molecular weight excluding hydrogens is 444 g/mol. The van der Waals surface area contributed by atoms with Gasteiger partial charge in [0.2, 0.25) is 0 Å². The minimum absolute atomic E-state index is 0.0580. The summed E-state index contributed by atoms with van der Waals surface area (Å²) in [6.45, 7) is 4.40. The highest BCUT2D eigenvalue weighted by Crippen LogP contribution is 2.23. The Morgan fingerprint density at radius 1 is 1.33 bits per heavy atom. The van der Waals surface area contributed by atoms with Gasteiger partial charge in [-0.05, 0) is 30.4 Å². The third-order valence-electron chi connectivity index (χ3n) is 4.96. The van der Waals surface area contributed by atoms with E-state index in [0.29, 0.717) is 12.1 Å². The minimum atomic E-state index is -0.725. The molecule has 3 N–H and O–H groups in total. The first-order valence-corrected chi connectivity index (χ1v) is 11.6. The van der Waals surface area contributed by atoms with E-state index in [2.05, 4.69) is 9.97 Å². The second-order valence-electron chi connectivity index (χ2n) is 7.78. The number of nitrogens with zero attached hydrogens (tertiary/aromatic N) is 4. The molecule has 10 nitrogen and oxygen atoms in total. The number of benzene rings is 1. The second-order valence-corrected chi connectivity index (χ2v) is 8.55. The first-order valence-electron chi connectivity index (χ1n) is 10.4. The molecule has 11 heteroatoms. The van der Waals surface area contributed by atoms with E-state index in [-0.39, 0.29) is 30.6 Å². The molecule has 0 aliphatic heterocycles. The molecule has 2 aromatic heterocycles. The second kappa shape index (κ2) is 10.5. The summed E-state index contributed by atoms with van der Waals surface area (Å²) in [5.41, 5.74) is 5.95. The standard InChI is InChI=1S/C22H28N6O4S/c1-14(2)13-28-18(23)17(19(29)25-21(28)31)27(10-11-32-3)20(30)15-6-5-7-16(12-15)26-9-8-24-22(26)33-4/h5-9,12,14H,10-11,13,23H2,1-4H3,(H,25,29,31). The van der Waals surface area contributed by atoms with Crippen LogP contribution in [-0.4, -0.2) is 51.5 Å². The highest BCUT2D eigenvalue weighted by atomic mass is 32.2. The van der Waals surface area contributed by atoms with Gasteiger partial charge in [0.25, 0.3) is 11.5 Å². The monoisotopic (exact) mass is 472 g/mol. The molecule has 3 aromatic rings. The maximum Gasteiger partial charge on any atom is 0.330 e. The molecule has 0 saturated carbocycles. The van der Waals surface area contributed by atoms with Gasteiger partial charge in [-0.15, -0.1) is 0 Å². The number of nitrogens with two attached hydrogens (primary N) is 1. The van der Waals surface area contributed by atoms with Crippen molar-refractivity contribution in [3.8, 4) is 5.69 Å². The first kappa shape index (κ1) is 24.3. The average Bonchev–Trinajstić information content (AvgIpc) is 3.27. The number of amides is 1. The van der Waals surface area contributed by atoms with Crippen molar-refractivity contribution in [2.45, 2.75) is 25.5 Å². The number of nitrogens with one attached hydrogen (secondary N) is 1. The fourth-order valence-corrected chi connectivity index (χ4v) is 3.99. The Bertz CT molecular complexity index is 1250. The third-order valence-corrected chi connectivity index (χ3v) is 5.62. The van der Waals surface area contributed by atoms with Crippen molar-refractivity contribution in [1.29, 1.82) is 0 Å². The lowest BCUT2D eigenvalue weighted by molar-refractivity contribution is 0.0975. The Hall–Kier alpha value is -3.31. The van der Waals surface area contributed by atoms with Crippen molar-refractivity contribution in [2.75, 3.05) is 37.2 Å². The fraction of sp³-hybridized carbons (Fsp3) is 0.364. The van der Waals surface area contributed by atoms with E-state index in [0.717, 1.165) is 10.8 Å². The van der Waals surface area contributed by atoms with Crippen molar-refractivity contribution in [3.63, 3.8) is 0 Å². The zero-order valence-corrected chi connectivity index (χ0v) is 19.9. The van der Waals surface area contributed by atoms with Crippen molar-refractivity contribution in [3.05, 3.63) is 63.1 Å². The summed E-state index contributed by atoms with van der Waals surface area (Å²) in [5, 5.41) is 0.775. The zero-order valence-electron chi connectivity index (χ0n) is 19.1. The van der Waals surface area contributed by atoms with Gasteiger partial charge in [-0.25, -0.2) is 9.78 Å². The fourth-order valence-electron chi connectivity index (χ4n) is 3.46. The van der Waals surface area contributed by atoms with Crippen LogP contribution in [0.3, 0.4) is 0 Å². The lowest BCUT2D eigenvalue weighted by Gasteiger charge is -2.25. The van der Waals surface area contributed by atoms with Gasteiger partial charge in [0.15, 0.2) is 10.8 Å². The van der Waals surface area contributed by atoms with Crippen LogP contribution in [0.1, 0.15) is 24.2 Å². The predicted molar refractivity (Wildman–Crippen MR) is 129 cm³/mol. The summed E-state index contributed by atoms with van der Waals surface area (Å²) in [7, 11) is 1.50. The van der Waals surface area contributed by atoms with Crippen LogP contribution in [-0.2, 0) is 11.3 Å². The lowest BCUT2D eigenvalue weighted by Crippen LogP contribution is -2.42. The summed E-state index contributed by atoms with van der Waals surface area (Å²) in [6, 6.07) is 7.00. The number of aromatic amines is 1. The largest absolute Gasteiger partial charge is 0.383 e. The molecule has 0 atom stereocenters. The molecule has 33 heavy (non-hydrogen) atoms. The van der Waals surface area contributed by atoms with Crippen molar-refractivity contribution >= 4 is 29.2 Å². The Kier molecular flexibility index (Phi) is 7.77. The molecule has 0 spiro atoms. The number of carbonyl (C=O) groups is 1. The number of carbonyl (C=O) groups excluding carboxylic acids is 1. The molecule has 0 bridgehead atoms. The number of hydrogen-bond acceptors (Lipinski definition) is 7. The van der Waals surface area contributed by atoms with Crippen LogP contribution < -0.4 is 21.9 Å². The molecule has 1 amide bonds. The van der Waals surface area contributed by atoms with E-state index >= 15 is 0 Å². The molecule has 176 valence electrons. The van der Waals surface area contributed by atoms with E-state index in [4.69, 9.17) is 10.5 Å². The maximum atomic E-state index is 13.6. The highest BCUT2D eigenvalue weighted by Gasteiger charge is 2.25. The zero-order chi connectivity index (χ0) is 24.1. The van der Waals surface area contributed by atoms with E-state index in [1.165, 1.54) is 28.3 Å². The van der Waals surface area contributed by atoms with Gasteiger partial charge >= 0.3 is 5.69 Å². The van der Waals surface area contributed by atoms with Crippen LogP contribution in [0.25, 0.3) is 5.69 Å². The number of rotatable bonds is 9. The Morgan fingerprint density at radius 2 is 2.09 bits per heavy atom. The summed E-state index contributed by atoms with van der Waals surface area (Å²) in [4.78, 5) is 46.6. The number of hydrogen-bond donors (Lipinski definition) is 2. The number of thioether (sulfide) groups is 1. The van der Waals surface area contributed by atoms with Gasteiger partial charge in [-0.1, -0.05) is 31.7 Å². The van der Waals surface area contributed by atoms with E-state index in [1.807, 2.05) is 36.9 Å². The molecule has 0 saturated heterocycles. The quantitative estimate of drug-likeness (QED) is 0.456. The van der Waals surface area contributed by atoms with Crippen molar-refractivity contribution in [2.24, 2.45) is 5.92 Å². The molecule has 0 unspecified atom stereocenters. The van der Waals surface area contributed by atoms with Gasteiger partial charge in [-0.2, -0.15) is 0 Å². The number of methoxy groups -OCH3 is 1. The number of H-pyrrole nitrogens is 1. The number of nitrogen functional groups attached to an aromatic ring is 1. The molecule has 3 rings (SSSR count). The summed E-state index contributed by atoms with van der Waals surface area (Å²) >= 11 is 1.48. The summed E-state index contributed by atoms with van der Waals surface area (Å²) < 4.78 is 8.31. The van der Waals surface area contributed by atoms with Gasteiger partial charge in [0, 0.05) is 43.8 Å². The van der Waals surface area contributed by atoms with Crippen LogP contribution in [0.2, 0.25) is 0 Å². The SMILES string of the molecule is COCCN(C(=O)c1cccc(-n2ccnc2SC)c1)c1c(N)n(CC(C)C)c(=O)[nH]c1=O. The van der Waals surface area contributed by atoms with Crippen molar-refractivity contribution in [1.82, 2.24) is 19.1 Å². The molecule has 1 aromatic carbocycles. The van der Waals surface area contributed by atoms with Crippen LogP contribution in [0, 0.1) is 5.92 Å². The topological polar surface area (TPSA) is 128 Å². The summed E-state index contributed by atoms with van der Waals surface area (Å²) in [6.07, 6.45) is 5.41. The molecule has 2 heterocycles. The number of anilines is 2. The number of imidazole rings is 1. The molecule has 0 aliphatic rings. The van der Waals surface area contributed by atoms with Crippen LogP contribution in [0.5, 0.6) is 0 Å². The van der Waals surface area contributed by atoms with Gasteiger partial charge in [-0.3, -0.25) is 28.6 Å². The van der Waals surface area contributed by atoms with Crippen LogP contribution >= 0.6 is 11.8 Å². The molecule has 0 aliphatic carbocycles. The Morgan fingerprint density at radius 3 is 2.76 bits per heavy atom. The maximum absolute atomic E-state index is 13.6. The number of aromatic nitrogens is 4. The van der Waals surface area contributed by atoms with Gasteiger partial charge in [0.1, 0.15) is 5.82 Å². The molecular formula is C22H28N6O4S. The predicted octanol–water partition coefficient (Wildman–Crippen LogP) is 1.98. The average molecular weight is 473 g/mol. The Labute approximate surface area is 195 Å². The third kappa shape index (κ3) is 5.20.